The fourth-order valence-corrected chi connectivity index (χ4v) is 6.02. The molecule has 1 aliphatic rings. The van der Waals surface area contributed by atoms with Crippen molar-refractivity contribution in [3.8, 4) is 0 Å². The quantitative estimate of drug-likeness (QED) is 0.151. The summed E-state index contributed by atoms with van der Waals surface area (Å²) >= 11 is 3.45. The summed E-state index contributed by atoms with van der Waals surface area (Å²) in [6, 6.07) is 5.49. The number of hydroxylamine groups is 1. The maximum absolute atomic E-state index is 12.5. The van der Waals surface area contributed by atoms with Gasteiger partial charge in [-0.2, -0.15) is 0 Å². The lowest BCUT2D eigenvalue weighted by Gasteiger charge is -2.21. The largest absolute Gasteiger partial charge is 0.365 e. The summed E-state index contributed by atoms with van der Waals surface area (Å²) in [7, 11) is -3.26. The standard InChI is InChI=1S/C21H29BrN6O4S/c1-14-9-10-16(12-18(14)22)25-21(26-29)19-20(28-32-27-19)24-11-5-6-15(23)13-33(30,31)17-7-3-2-4-8-17/h9-10,12,17,23,29H,2-8,11,13H2,1H3,(H,24,28)(H,25,26). The molecule has 0 spiro atoms. The molecule has 2 aromatic rings. The zero-order chi connectivity index (χ0) is 23.8. The first-order valence-corrected chi connectivity index (χ1v) is 13.4. The number of aryl methyl sites for hydroxylation is 1. The van der Waals surface area contributed by atoms with Gasteiger partial charge in [0, 0.05) is 16.7 Å². The van der Waals surface area contributed by atoms with E-state index >= 15 is 0 Å². The van der Waals surface area contributed by atoms with E-state index in [0.717, 1.165) is 29.3 Å². The third-order valence-corrected chi connectivity index (χ3v) is 8.69. The summed E-state index contributed by atoms with van der Waals surface area (Å²) in [5.74, 6) is 0.162. The van der Waals surface area contributed by atoms with Gasteiger partial charge in [-0.25, -0.2) is 18.0 Å². The first-order chi connectivity index (χ1) is 15.8. The molecule has 0 bridgehead atoms. The Bertz CT molecular complexity index is 1100. The van der Waals surface area contributed by atoms with E-state index < -0.39 is 9.84 Å². The average Bonchev–Trinajstić information content (AvgIpc) is 3.26. The minimum atomic E-state index is -3.26. The first kappa shape index (κ1) is 25.3. The van der Waals surface area contributed by atoms with E-state index in [1.54, 1.807) is 12.1 Å². The minimum absolute atomic E-state index is 0.0563. The van der Waals surface area contributed by atoms with E-state index in [1.807, 2.05) is 18.5 Å². The molecule has 3 rings (SSSR count). The molecule has 1 saturated carbocycles. The molecule has 12 heteroatoms. The molecular weight excluding hydrogens is 512 g/mol. The van der Waals surface area contributed by atoms with E-state index in [2.05, 4.69) is 36.6 Å². The predicted octanol–water partition coefficient (Wildman–Crippen LogP) is 4.16. The van der Waals surface area contributed by atoms with Crippen LogP contribution in [0.4, 0.5) is 11.5 Å². The summed E-state index contributed by atoms with van der Waals surface area (Å²) < 4.78 is 30.7. The number of amidine groups is 1. The van der Waals surface area contributed by atoms with Gasteiger partial charge in [0.2, 0.25) is 5.82 Å². The second-order valence-corrected chi connectivity index (χ2v) is 11.3. The van der Waals surface area contributed by atoms with Gasteiger partial charge in [-0.15, -0.1) is 0 Å². The number of hydrogen-bond acceptors (Lipinski definition) is 9. The number of anilines is 1. The zero-order valence-electron chi connectivity index (χ0n) is 18.5. The van der Waals surface area contributed by atoms with Crippen molar-refractivity contribution >= 4 is 48.8 Å². The minimum Gasteiger partial charge on any atom is -0.365 e. The van der Waals surface area contributed by atoms with Crippen LogP contribution < -0.4 is 10.8 Å². The summed E-state index contributed by atoms with van der Waals surface area (Å²) in [5.41, 5.74) is 4.08. The third-order valence-electron chi connectivity index (χ3n) is 5.60. The molecule has 1 aromatic carbocycles. The highest BCUT2D eigenvalue weighted by Crippen LogP contribution is 2.25. The third kappa shape index (κ3) is 7.08. The number of hydrogen-bond donors (Lipinski definition) is 4. The normalized spacial score (nSPS) is 15.4. The van der Waals surface area contributed by atoms with Gasteiger partial charge in [-0.05, 0) is 60.6 Å². The molecule has 0 radical (unpaired) electrons. The summed E-state index contributed by atoms with van der Waals surface area (Å²) in [6.45, 7) is 2.37. The summed E-state index contributed by atoms with van der Waals surface area (Å²) in [6.07, 6.45) is 5.30. The molecular formula is C21H29BrN6O4S. The van der Waals surface area contributed by atoms with Gasteiger partial charge in [0.25, 0.3) is 0 Å². The molecule has 10 nitrogen and oxygen atoms in total. The number of halogens is 1. The number of nitrogens with one attached hydrogen (secondary N) is 3. The lowest BCUT2D eigenvalue weighted by Crippen LogP contribution is -2.29. The Balaban J connectivity index is 1.53. The van der Waals surface area contributed by atoms with Crippen LogP contribution in [0.5, 0.6) is 0 Å². The molecule has 0 unspecified atom stereocenters. The fourth-order valence-electron chi connectivity index (χ4n) is 3.74. The highest BCUT2D eigenvalue weighted by atomic mass is 79.9. The Hall–Kier alpha value is -2.31. The van der Waals surface area contributed by atoms with Crippen molar-refractivity contribution < 1.29 is 18.3 Å². The number of rotatable bonds is 10. The molecule has 0 saturated heterocycles. The van der Waals surface area contributed by atoms with Crippen LogP contribution in [0.1, 0.15) is 56.2 Å². The molecule has 1 fully saturated rings. The molecule has 1 heterocycles. The van der Waals surface area contributed by atoms with Crippen molar-refractivity contribution in [3.05, 3.63) is 33.9 Å². The maximum atomic E-state index is 12.5. The fraction of sp³-hybridized carbons (Fsp3) is 0.524. The second-order valence-electron chi connectivity index (χ2n) is 8.17. The second kappa shape index (κ2) is 11.7. The van der Waals surface area contributed by atoms with Crippen LogP contribution in [0.2, 0.25) is 0 Å². The van der Waals surface area contributed by atoms with E-state index in [9.17, 15) is 13.6 Å². The van der Waals surface area contributed by atoms with Crippen LogP contribution in [-0.4, -0.2) is 53.0 Å². The number of benzene rings is 1. The molecule has 1 aliphatic carbocycles. The molecule has 0 amide bonds. The molecule has 4 N–H and O–H groups in total. The SMILES string of the molecule is Cc1ccc(N=C(NO)c2nonc2NCCCC(=N)CS(=O)(=O)C2CCCCC2)cc1Br. The van der Waals surface area contributed by atoms with E-state index in [1.165, 1.54) is 0 Å². The molecule has 0 aliphatic heterocycles. The van der Waals surface area contributed by atoms with Crippen LogP contribution in [0, 0.1) is 12.3 Å². The monoisotopic (exact) mass is 540 g/mol. The lowest BCUT2D eigenvalue weighted by atomic mass is 10.0. The Morgan fingerprint density at radius 2 is 2.06 bits per heavy atom. The summed E-state index contributed by atoms with van der Waals surface area (Å²) in [5, 5.41) is 28.0. The van der Waals surface area contributed by atoms with Crippen molar-refractivity contribution in [2.24, 2.45) is 4.99 Å². The van der Waals surface area contributed by atoms with Gasteiger partial charge in [0.1, 0.15) is 0 Å². The van der Waals surface area contributed by atoms with Gasteiger partial charge in [0.15, 0.2) is 21.4 Å². The highest BCUT2D eigenvalue weighted by Gasteiger charge is 2.28. The van der Waals surface area contributed by atoms with Gasteiger partial charge >= 0.3 is 0 Å². The van der Waals surface area contributed by atoms with E-state index in [4.69, 9.17) is 10.0 Å². The molecule has 33 heavy (non-hydrogen) atoms. The van der Waals surface area contributed by atoms with Crippen molar-refractivity contribution in [2.75, 3.05) is 17.6 Å². The van der Waals surface area contributed by atoms with Crippen LogP contribution in [0.25, 0.3) is 0 Å². The van der Waals surface area contributed by atoms with Crippen LogP contribution in [0.15, 0.2) is 32.3 Å². The molecule has 0 atom stereocenters. The van der Waals surface area contributed by atoms with Gasteiger partial charge in [0.05, 0.1) is 16.7 Å². The Labute approximate surface area is 201 Å². The van der Waals surface area contributed by atoms with Crippen molar-refractivity contribution in [3.63, 3.8) is 0 Å². The molecule has 180 valence electrons. The van der Waals surface area contributed by atoms with Crippen molar-refractivity contribution in [2.45, 2.75) is 57.1 Å². The number of aromatic nitrogens is 2. The highest BCUT2D eigenvalue weighted by molar-refractivity contribution is 9.10. The topological polar surface area (TPSA) is 154 Å². The van der Waals surface area contributed by atoms with Crippen molar-refractivity contribution in [1.29, 1.82) is 5.41 Å². The van der Waals surface area contributed by atoms with Crippen LogP contribution in [0.3, 0.4) is 0 Å². The molecule has 1 aromatic heterocycles. The van der Waals surface area contributed by atoms with Crippen LogP contribution in [-0.2, 0) is 9.84 Å². The number of nitrogens with zero attached hydrogens (tertiary/aromatic N) is 3. The smallest absolute Gasteiger partial charge is 0.202 e. The Morgan fingerprint density at radius 1 is 1.30 bits per heavy atom. The number of sulfone groups is 1. The van der Waals surface area contributed by atoms with Crippen molar-refractivity contribution in [1.82, 2.24) is 15.8 Å². The zero-order valence-corrected chi connectivity index (χ0v) is 20.9. The lowest BCUT2D eigenvalue weighted by molar-refractivity contribution is 0.234. The Morgan fingerprint density at radius 3 is 2.76 bits per heavy atom. The van der Waals surface area contributed by atoms with Crippen LogP contribution >= 0.6 is 15.9 Å². The first-order valence-electron chi connectivity index (χ1n) is 10.9. The van der Waals surface area contributed by atoms with Gasteiger partial charge < -0.3 is 10.7 Å². The Kier molecular flexibility index (Phi) is 8.98. The average molecular weight is 541 g/mol. The van der Waals surface area contributed by atoms with E-state index in [-0.39, 0.29) is 34.1 Å². The maximum Gasteiger partial charge on any atom is 0.202 e. The van der Waals surface area contributed by atoms with Gasteiger partial charge in [-0.3, -0.25) is 10.7 Å². The predicted molar refractivity (Wildman–Crippen MR) is 130 cm³/mol. The van der Waals surface area contributed by atoms with E-state index in [0.29, 0.717) is 37.9 Å². The number of aliphatic imine (C=N–C) groups is 1. The summed E-state index contributed by atoms with van der Waals surface area (Å²) in [4.78, 5) is 4.35. The van der Waals surface area contributed by atoms with Gasteiger partial charge in [-0.1, -0.05) is 41.3 Å².